The normalized spacial score (nSPS) is 16.3. The first-order chi connectivity index (χ1) is 48.6. The fraction of sp³-hybridized carbons (Fsp3) is 0.552. The molecule has 0 radical (unpaired) electrons. The van der Waals surface area contributed by atoms with E-state index in [2.05, 4.69) is 149 Å². The average molecular weight is 1410 g/mol. The number of rotatable bonds is 30. The van der Waals surface area contributed by atoms with Gasteiger partial charge in [0.25, 0.3) is 0 Å². The van der Waals surface area contributed by atoms with E-state index in [4.69, 9.17) is 38.4 Å². The van der Waals surface area contributed by atoms with Gasteiger partial charge in [0, 0.05) is 11.8 Å². The number of hydrogen-bond donors (Lipinski definition) is 5. The number of methoxy groups -OCH3 is 2. The SMILES string of the molecule is CC/C=C\CC.CC/C=C\CC.CC/C=C\CC.CC/C=C\CC.CCC(O)C(CC)Oc1ccc(C(C)C(CO)Oc2ccc(C)cc2C)cc1OC.CCC1OC1CC.CCC1OC1CC.COc1cc(C(C)C(CO)Oc2ccc(C)cc2C)ccc1O.O=C(OO)c1ccccc1. The summed E-state index contributed by atoms with van der Waals surface area (Å²) in [7, 11) is 3.11. The first-order valence-corrected chi connectivity index (χ1v) is 37.5. The summed E-state index contributed by atoms with van der Waals surface area (Å²) in [5.74, 6) is 2.40. The second-order valence-corrected chi connectivity index (χ2v) is 24.6. The quantitative estimate of drug-likeness (QED) is 0.0126. The summed E-state index contributed by atoms with van der Waals surface area (Å²) in [4.78, 5) is 14.0. The van der Waals surface area contributed by atoms with Crippen LogP contribution in [0.15, 0.2) is 152 Å². The van der Waals surface area contributed by atoms with Crippen molar-refractivity contribution in [2.24, 2.45) is 0 Å². The van der Waals surface area contributed by atoms with E-state index >= 15 is 0 Å². The largest absolute Gasteiger partial charge is 0.504 e. The molecule has 2 aliphatic heterocycles. The third-order valence-electron chi connectivity index (χ3n) is 16.3. The van der Waals surface area contributed by atoms with Crippen molar-refractivity contribution in [1.82, 2.24) is 0 Å². The molecule has 0 saturated carbocycles. The topological polar surface area (TPSA) is 199 Å². The summed E-state index contributed by atoms with van der Waals surface area (Å²) in [6.45, 7) is 41.6. The molecule has 0 amide bonds. The van der Waals surface area contributed by atoms with Gasteiger partial charge in [-0.05, 0) is 188 Å². The van der Waals surface area contributed by atoms with Crippen LogP contribution < -0.4 is 23.7 Å². The Bertz CT molecular complexity index is 2840. The fourth-order valence-corrected chi connectivity index (χ4v) is 9.87. The van der Waals surface area contributed by atoms with Crippen molar-refractivity contribution < 1.29 is 68.5 Å². The van der Waals surface area contributed by atoms with Crippen LogP contribution in [-0.4, -0.2) is 108 Å². The Morgan fingerprint density at radius 3 is 1.06 bits per heavy atom. The lowest BCUT2D eigenvalue weighted by atomic mass is 9.95. The standard InChI is InChI=1S/C25H36O5.C19H24O4.C7H6O3.2C6H12O.4C6H12/c1-7-20(27)21(8-2)29-23-12-10-19(14-24(23)28-6)18(5)25(15-26)30-22-11-9-16(3)13-17(22)4;1-12-5-8-17(13(2)9-12)23-19(11-20)14(3)15-6-7-16(21)18(10-15)22-4;8-7(10-9)6-4-2-1-3-5-6;2*1-3-5-6(4-2)7-5;4*1-3-5-6-4-2/h9-14,18,20-21,25-27H,7-8,15H2,1-6H3;5-10,14,19-21H,11H2,1-4H3;1-5,9H;2*5-6H,3-4H2,1-2H3;4*5-6H,3-4H2,1-2H3/b;;;;;4*6-5-. The number of aromatic hydroxyl groups is 1. The lowest BCUT2D eigenvalue weighted by Gasteiger charge is -2.26. The molecule has 5 N–H and O–H groups in total. The Kier molecular flexibility index (Phi) is 57.7. The van der Waals surface area contributed by atoms with Crippen molar-refractivity contribution in [1.29, 1.82) is 0 Å². The summed E-state index contributed by atoms with van der Waals surface area (Å²) < 4.78 is 39.3. The molecule has 101 heavy (non-hydrogen) atoms. The zero-order valence-corrected chi connectivity index (χ0v) is 66.4. The molecule has 14 heteroatoms. The third-order valence-corrected chi connectivity index (χ3v) is 16.3. The minimum Gasteiger partial charge on any atom is -0.504 e. The molecule has 14 nitrogen and oxygen atoms in total. The van der Waals surface area contributed by atoms with Gasteiger partial charge in [-0.2, -0.15) is 5.26 Å². The molecule has 7 rings (SSSR count). The van der Waals surface area contributed by atoms with E-state index in [-0.39, 0.29) is 43.0 Å². The minimum absolute atomic E-state index is 0.0600. The second-order valence-electron chi connectivity index (χ2n) is 24.6. The zero-order valence-electron chi connectivity index (χ0n) is 66.4. The lowest BCUT2D eigenvalue weighted by Crippen LogP contribution is -2.30. The Morgan fingerprint density at radius 1 is 0.436 bits per heavy atom. The molecule has 10 unspecified atom stereocenters. The molecule has 10 atom stereocenters. The highest BCUT2D eigenvalue weighted by Crippen LogP contribution is 2.36. The number of epoxide rings is 2. The minimum atomic E-state index is -0.736. The number of allylic oxidation sites excluding steroid dienone is 8. The van der Waals surface area contributed by atoms with E-state index in [9.17, 15) is 25.2 Å². The van der Waals surface area contributed by atoms with Gasteiger partial charge in [-0.25, -0.2) is 4.79 Å². The lowest BCUT2D eigenvalue weighted by molar-refractivity contribution is -0.182. The van der Waals surface area contributed by atoms with Gasteiger partial charge in [-0.1, -0.05) is 225 Å². The fourth-order valence-electron chi connectivity index (χ4n) is 9.87. The first kappa shape index (κ1) is 96.1. The highest BCUT2D eigenvalue weighted by molar-refractivity contribution is 5.88. The second kappa shape index (κ2) is 60.7. The molecule has 2 heterocycles. The highest BCUT2D eigenvalue weighted by atomic mass is 17.1. The molecule has 0 spiro atoms. The summed E-state index contributed by atoms with van der Waals surface area (Å²) in [6.07, 6.45) is 33.8. The van der Waals surface area contributed by atoms with Crippen LogP contribution in [-0.2, 0) is 14.4 Å². The summed E-state index contributed by atoms with van der Waals surface area (Å²) >= 11 is 0. The van der Waals surface area contributed by atoms with Crippen LogP contribution in [0.25, 0.3) is 0 Å². The number of carbonyl (C=O) groups excluding carboxylic acids is 1. The summed E-state index contributed by atoms with van der Waals surface area (Å²) in [5, 5.41) is 47.5. The predicted octanol–water partition coefficient (Wildman–Crippen LogP) is 22.3. The molecule has 0 aliphatic carbocycles. The van der Waals surface area contributed by atoms with Crippen molar-refractivity contribution >= 4 is 5.97 Å². The van der Waals surface area contributed by atoms with E-state index in [1.165, 1.54) is 95.3 Å². The molecule has 2 fully saturated rings. The molecule has 5 aromatic rings. The Hall–Kier alpha value is -6.91. The van der Waals surface area contributed by atoms with Crippen LogP contribution in [0.4, 0.5) is 0 Å². The number of ether oxygens (including phenoxy) is 7. The number of carbonyl (C=O) groups is 1. The predicted molar refractivity (Wildman–Crippen MR) is 422 cm³/mol. The number of aliphatic hydroxyl groups excluding tert-OH is 3. The van der Waals surface area contributed by atoms with Gasteiger partial charge in [0.2, 0.25) is 0 Å². The van der Waals surface area contributed by atoms with Crippen LogP contribution in [0.5, 0.6) is 34.5 Å². The van der Waals surface area contributed by atoms with Crippen molar-refractivity contribution in [3.05, 3.63) is 191 Å². The van der Waals surface area contributed by atoms with E-state index < -0.39 is 18.2 Å². The van der Waals surface area contributed by atoms with Crippen LogP contribution >= 0.6 is 0 Å². The number of benzene rings is 5. The smallest absolute Gasteiger partial charge is 0.372 e. The molecule has 0 bridgehead atoms. The maximum absolute atomic E-state index is 10.5. The summed E-state index contributed by atoms with van der Waals surface area (Å²) in [6, 6.07) is 31.2. The van der Waals surface area contributed by atoms with Gasteiger partial charge in [0.1, 0.15) is 29.8 Å². The van der Waals surface area contributed by atoms with Gasteiger partial charge in [-0.15, -0.1) is 0 Å². The number of aryl methyl sites for hydroxylation is 4. The third kappa shape index (κ3) is 42.3. The molecule has 0 aromatic heterocycles. The van der Waals surface area contributed by atoms with Crippen LogP contribution in [0, 0.1) is 27.7 Å². The summed E-state index contributed by atoms with van der Waals surface area (Å²) in [5.41, 5.74) is 6.68. The monoisotopic (exact) mass is 1410 g/mol. The molecular formula is C87H138O14. The van der Waals surface area contributed by atoms with Gasteiger partial charge in [-0.3, -0.25) is 4.89 Å². The van der Waals surface area contributed by atoms with Crippen molar-refractivity contribution in [2.75, 3.05) is 27.4 Å². The Balaban J connectivity index is 0. The number of phenolic OH excluding ortho intramolecular Hbond substituents is 1. The van der Waals surface area contributed by atoms with Gasteiger partial charge < -0.3 is 53.6 Å². The van der Waals surface area contributed by atoms with Gasteiger partial charge in [0.15, 0.2) is 23.0 Å². The maximum Gasteiger partial charge on any atom is 0.372 e. The molecule has 2 saturated heterocycles. The number of hydrogen-bond acceptors (Lipinski definition) is 14. The average Bonchev–Trinajstić information content (AvgIpc) is 1.81. The highest BCUT2D eigenvalue weighted by Gasteiger charge is 2.35. The van der Waals surface area contributed by atoms with Crippen LogP contribution in [0.2, 0.25) is 0 Å². The molecule has 2 aliphatic rings. The van der Waals surface area contributed by atoms with Crippen LogP contribution in [0.3, 0.4) is 0 Å². The molecule has 570 valence electrons. The molecule has 5 aromatic carbocycles. The zero-order chi connectivity index (χ0) is 76.5. The van der Waals surface area contributed by atoms with Gasteiger partial charge >= 0.3 is 5.97 Å². The number of phenols is 1. The first-order valence-electron chi connectivity index (χ1n) is 37.5. The van der Waals surface area contributed by atoms with E-state index in [1.807, 2.05) is 104 Å². The van der Waals surface area contributed by atoms with Crippen LogP contribution in [0.1, 0.15) is 256 Å². The van der Waals surface area contributed by atoms with E-state index in [1.54, 1.807) is 49.6 Å². The van der Waals surface area contributed by atoms with E-state index in [0.717, 1.165) is 33.8 Å². The van der Waals surface area contributed by atoms with Crippen molar-refractivity contribution in [3.8, 4) is 34.5 Å². The van der Waals surface area contributed by atoms with Gasteiger partial charge in [0.05, 0.1) is 63.5 Å². The number of aliphatic hydroxyl groups is 3. The van der Waals surface area contributed by atoms with Crippen molar-refractivity contribution in [2.45, 2.75) is 289 Å². The molecular weight excluding hydrogens is 1270 g/mol. The van der Waals surface area contributed by atoms with E-state index in [0.29, 0.717) is 60.1 Å². The Morgan fingerprint density at radius 2 is 0.772 bits per heavy atom. The van der Waals surface area contributed by atoms with Crippen molar-refractivity contribution in [3.63, 3.8) is 0 Å². The maximum atomic E-state index is 10.5. The Labute approximate surface area is 613 Å².